The van der Waals surface area contributed by atoms with Crippen molar-refractivity contribution in [2.45, 2.75) is 24.7 Å². The fourth-order valence-corrected chi connectivity index (χ4v) is 3.51. The second-order valence-corrected chi connectivity index (χ2v) is 6.67. The Morgan fingerprint density at radius 2 is 1.96 bits per heavy atom. The van der Waals surface area contributed by atoms with E-state index in [1.807, 2.05) is 48.7 Å². The molecule has 0 fully saturated rings. The third-order valence-electron chi connectivity index (χ3n) is 4.06. The summed E-state index contributed by atoms with van der Waals surface area (Å²) in [6.07, 6.45) is 3.78. The number of hydrogen-bond donors (Lipinski definition) is 2. The van der Waals surface area contributed by atoms with Crippen LogP contribution in [0.15, 0.2) is 58.2 Å². The number of pyridine rings is 1. The van der Waals surface area contributed by atoms with Gasteiger partial charge >= 0.3 is 0 Å². The third-order valence-corrected chi connectivity index (χ3v) is 4.85. The van der Waals surface area contributed by atoms with Gasteiger partial charge in [0.1, 0.15) is 0 Å². The number of amides is 1. The number of aromatic amines is 1. The molecule has 0 aliphatic carbocycles. The summed E-state index contributed by atoms with van der Waals surface area (Å²) in [5, 5.41) is 3.94. The summed E-state index contributed by atoms with van der Waals surface area (Å²) in [5.74, 6) is -0.156. The van der Waals surface area contributed by atoms with Crippen LogP contribution in [0.5, 0.6) is 0 Å². The Morgan fingerprint density at radius 3 is 2.72 bits per heavy atom. The minimum Gasteiger partial charge on any atom is -0.322 e. The Bertz CT molecular complexity index is 979. The standard InChI is InChI=1S/C20H20N2O2S/c1-3-6-13-11-19(23)22-17-12-14(9-10-15(13)17)21-20(24)16-7-4-5-8-18(16)25-2/h4-5,7-12H,3,6H2,1-2H3,(H,21,24)(H,22,23). The second-order valence-electron chi connectivity index (χ2n) is 5.82. The van der Waals surface area contributed by atoms with Gasteiger partial charge in [-0.15, -0.1) is 11.8 Å². The molecular weight excluding hydrogens is 332 g/mol. The fourth-order valence-electron chi connectivity index (χ4n) is 2.92. The molecule has 3 rings (SSSR count). The van der Waals surface area contributed by atoms with Crippen molar-refractivity contribution in [1.29, 1.82) is 0 Å². The maximum Gasteiger partial charge on any atom is 0.256 e. The molecule has 128 valence electrons. The van der Waals surface area contributed by atoms with E-state index >= 15 is 0 Å². The maximum absolute atomic E-state index is 12.6. The van der Waals surface area contributed by atoms with Crippen LogP contribution in [0.1, 0.15) is 29.3 Å². The number of rotatable bonds is 5. The molecule has 1 amide bonds. The van der Waals surface area contributed by atoms with Crippen LogP contribution in [0.4, 0.5) is 5.69 Å². The van der Waals surface area contributed by atoms with E-state index in [4.69, 9.17) is 0 Å². The van der Waals surface area contributed by atoms with Crippen LogP contribution in [0.25, 0.3) is 10.9 Å². The highest BCUT2D eigenvalue weighted by atomic mass is 32.2. The predicted octanol–water partition coefficient (Wildman–Crippen LogP) is 4.45. The Morgan fingerprint density at radius 1 is 1.16 bits per heavy atom. The predicted molar refractivity (Wildman–Crippen MR) is 105 cm³/mol. The number of thioether (sulfide) groups is 1. The van der Waals surface area contributed by atoms with Crippen molar-refractivity contribution < 1.29 is 4.79 Å². The molecule has 3 aromatic rings. The van der Waals surface area contributed by atoms with Crippen LogP contribution in [0.3, 0.4) is 0 Å². The summed E-state index contributed by atoms with van der Waals surface area (Å²) in [6.45, 7) is 2.09. The number of carbonyl (C=O) groups excluding carboxylic acids is 1. The monoisotopic (exact) mass is 352 g/mol. The topological polar surface area (TPSA) is 62.0 Å². The van der Waals surface area contributed by atoms with Crippen molar-refractivity contribution in [3.63, 3.8) is 0 Å². The number of carbonyl (C=O) groups is 1. The molecule has 1 aromatic heterocycles. The van der Waals surface area contributed by atoms with Gasteiger partial charge in [-0.25, -0.2) is 0 Å². The summed E-state index contributed by atoms with van der Waals surface area (Å²) in [4.78, 5) is 28.2. The maximum atomic E-state index is 12.6. The zero-order chi connectivity index (χ0) is 17.8. The van der Waals surface area contributed by atoms with Gasteiger partial charge < -0.3 is 10.3 Å². The number of hydrogen-bond acceptors (Lipinski definition) is 3. The second kappa shape index (κ2) is 7.57. The van der Waals surface area contributed by atoms with Gasteiger partial charge in [-0.2, -0.15) is 0 Å². The molecule has 25 heavy (non-hydrogen) atoms. The van der Waals surface area contributed by atoms with Gasteiger partial charge in [0.15, 0.2) is 0 Å². The van der Waals surface area contributed by atoms with Crippen molar-refractivity contribution >= 4 is 34.3 Å². The van der Waals surface area contributed by atoms with Gasteiger partial charge in [0, 0.05) is 22.0 Å². The molecule has 0 spiro atoms. The molecule has 0 saturated carbocycles. The van der Waals surface area contributed by atoms with Gasteiger partial charge in [0.05, 0.1) is 11.1 Å². The molecule has 2 aromatic carbocycles. The minimum atomic E-state index is -0.156. The van der Waals surface area contributed by atoms with E-state index in [1.54, 1.807) is 6.07 Å². The highest BCUT2D eigenvalue weighted by Gasteiger charge is 2.11. The van der Waals surface area contributed by atoms with E-state index < -0.39 is 0 Å². The number of H-pyrrole nitrogens is 1. The van der Waals surface area contributed by atoms with E-state index in [-0.39, 0.29) is 11.5 Å². The first-order valence-corrected chi connectivity index (χ1v) is 9.45. The molecule has 0 atom stereocenters. The van der Waals surface area contributed by atoms with Gasteiger partial charge in [0.25, 0.3) is 5.91 Å². The van der Waals surface area contributed by atoms with Crippen molar-refractivity contribution in [2.75, 3.05) is 11.6 Å². The van der Waals surface area contributed by atoms with Crippen molar-refractivity contribution in [3.8, 4) is 0 Å². The van der Waals surface area contributed by atoms with E-state index in [0.29, 0.717) is 11.3 Å². The first-order valence-electron chi connectivity index (χ1n) is 8.22. The summed E-state index contributed by atoms with van der Waals surface area (Å²) in [7, 11) is 0. The van der Waals surface area contributed by atoms with Gasteiger partial charge in [-0.05, 0) is 42.5 Å². The average Bonchev–Trinajstić information content (AvgIpc) is 2.61. The number of nitrogens with one attached hydrogen (secondary N) is 2. The van der Waals surface area contributed by atoms with Gasteiger partial charge in [0.2, 0.25) is 5.56 Å². The van der Waals surface area contributed by atoms with Crippen molar-refractivity contribution in [1.82, 2.24) is 4.98 Å². The van der Waals surface area contributed by atoms with Gasteiger partial charge in [-0.3, -0.25) is 9.59 Å². The Labute approximate surface area is 150 Å². The van der Waals surface area contributed by atoms with Crippen LogP contribution in [-0.4, -0.2) is 17.1 Å². The highest BCUT2D eigenvalue weighted by molar-refractivity contribution is 7.98. The summed E-state index contributed by atoms with van der Waals surface area (Å²) < 4.78 is 0. The molecule has 0 radical (unpaired) electrons. The molecule has 0 aliphatic rings. The fraction of sp³-hybridized carbons (Fsp3) is 0.200. The Hall–Kier alpha value is -2.53. The molecule has 0 bridgehead atoms. The van der Waals surface area contributed by atoms with E-state index in [2.05, 4.69) is 17.2 Å². The van der Waals surface area contributed by atoms with Crippen LogP contribution in [-0.2, 0) is 6.42 Å². The van der Waals surface area contributed by atoms with Crippen LogP contribution >= 0.6 is 11.8 Å². The molecule has 0 aliphatic heterocycles. The van der Waals surface area contributed by atoms with Gasteiger partial charge in [-0.1, -0.05) is 31.5 Å². The minimum absolute atomic E-state index is 0.118. The van der Waals surface area contributed by atoms with Crippen molar-refractivity contribution in [3.05, 3.63) is 70.0 Å². The van der Waals surface area contributed by atoms with E-state index in [0.717, 1.165) is 34.2 Å². The number of anilines is 1. The van der Waals surface area contributed by atoms with Crippen LogP contribution in [0, 0.1) is 0 Å². The zero-order valence-corrected chi connectivity index (χ0v) is 15.1. The molecular formula is C20H20N2O2S. The van der Waals surface area contributed by atoms with Crippen LogP contribution < -0.4 is 10.9 Å². The first-order chi connectivity index (χ1) is 12.1. The lowest BCUT2D eigenvalue weighted by Crippen LogP contribution is -2.13. The third kappa shape index (κ3) is 3.77. The highest BCUT2D eigenvalue weighted by Crippen LogP contribution is 2.23. The summed E-state index contributed by atoms with van der Waals surface area (Å²) in [5.41, 5.74) is 2.96. The molecule has 1 heterocycles. The number of aromatic nitrogens is 1. The zero-order valence-electron chi connectivity index (χ0n) is 14.3. The molecule has 4 nitrogen and oxygen atoms in total. The summed E-state index contributed by atoms with van der Waals surface area (Å²) >= 11 is 1.54. The number of fused-ring (bicyclic) bond motifs is 1. The number of aryl methyl sites for hydroxylation is 1. The number of benzene rings is 2. The lowest BCUT2D eigenvalue weighted by Gasteiger charge is -2.10. The molecule has 5 heteroatoms. The molecule has 0 unspecified atom stereocenters. The Kier molecular flexibility index (Phi) is 5.24. The van der Waals surface area contributed by atoms with E-state index in [9.17, 15) is 9.59 Å². The van der Waals surface area contributed by atoms with E-state index in [1.165, 1.54) is 11.8 Å². The summed E-state index contributed by atoms with van der Waals surface area (Å²) in [6, 6.07) is 14.8. The Balaban J connectivity index is 1.94. The SMILES string of the molecule is CCCc1cc(=O)[nH]c2cc(NC(=O)c3ccccc3SC)ccc12. The largest absolute Gasteiger partial charge is 0.322 e. The average molecular weight is 352 g/mol. The quantitative estimate of drug-likeness (QED) is 0.667. The normalized spacial score (nSPS) is 10.8. The lowest BCUT2D eigenvalue weighted by atomic mass is 10.0. The molecule has 0 saturated heterocycles. The first kappa shape index (κ1) is 17.3. The molecule has 2 N–H and O–H groups in total. The smallest absolute Gasteiger partial charge is 0.256 e. The van der Waals surface area contributed by atoms with Crippen molar-refractivity contribution in [2.24, 2.45) is 0 Å². The lowest BCUT2D eigenvalue weighted by molar-refractivity contribution is 0.102. The van der Waals surface area contributed by atoms with Crippen LogP contribution in [0.2, 0.25) is 0 Å².